The fourth-order valence-electron chi connectivity index (χ4n) is 3.25. The highest BCUT2D eigenvalue weighted by Crippen LogP contribution is 2.22. The number of likely N-dealkylation sites (tertiary alicyclic amines) is 1. The van der Waals surface area contributed by atoms with E-state index < -0.39 is 0 Å². The molecule has 0 amide bonds. The Balaban J connectivity index is 2.01. The van der Waals surface area contributed by atoms with Gasteiger partial charge in [-0.05, 0) is 45.2 Å². The van der Waals surface area contributed by atoms with E-state index in [1.807, 2.05) is 0 Å². The Morgan fingerprint density at radius 2 is 1.53 bits per heavy atom. The van der Waals surface area contributed by atoms with Crippen molar-refractivity contribution >= 4 is 5.71 Å². The predicted molar refractivity (Wildman–Crippen MR) is 70.8 cm³/mol. The van der Waals surface area contributed by atoms with Gasteiger partial charge in [0, 0.05) is 0 Å². The Hall–Kier alpha value is -0.570. The van der Waals surface area contributed by atoms with E-state index in [9.17, 15) is 5.21 Å². The van der Waals surface area contributed by atoms with Crippen molar-refractivity contribution in [2.45, 2.75) is 70.3 Å². The minimum atomic E-state index is 0.429. The van der Waals surface area contributed by atoms with Crippen LogP contribution < -0.4 is 0 Å². The van der Waals surface area contributed by atoms with E-state index in [0.29, 0.717) is 6.04 Å². The lowest BCUT2D eigenvalue weighted by atomic mass is 9.93. The Morgan fingerprint density at radius 3 is 2.24 bits per heavy atom. The summed E-state index contributed by atoms with van der Waals surface area (Å²) in [6.45, 7) is 2.40. The number of rotatable bonds is 1. The van der Waals surface area contributed by atoms with Gasteiger partial charge in [0.05, 0.1) is 11.8 Å². The van der Waals surface area contributed by atoms with Crippen molar-refractivity contribution in [1.29, 1.82) is 0 Å². The second-order valence-corrected chi connectivity index (χ2v) is 5.51. The second kappa shape index (κ2) is 7.00. The smallest absolute Gasteiger partial charge is 0.0742 e. The van der Waals surface area contributed by atoms with Gasteiger partial charge >= 0.3 is 0 Å². The van der Waals surface area contributed by atoms with Gasteiger partial charge in [-0.2, -0.15) is 0 Å². The first-order chi connectivity index (χ1) is 8.42. The molecule has 98 valence electrons. The van der Waals surface area contributed by atoms with Crippen LogP contribution in [0.25, 0.3) is 0 Å². The highest BCUT2D eigenvalue weighted by atomic mass is 16.4. The lowest BCUT2D eigenvalue weighted by Gasteiger charge is -2.32. The van der Waals surface area contributed by atoms with Crippen molar-refractivity contribution in [3.05, 3.63) is 0 Å². The van der Waals surface area contributed by atoms with E-state index in [1.165, 1.54) is 70.9 Å². The topological polar surface area (TPSA) is 35.8 Å². The molecule has 0 aromatic carbocycles. The molecule has 1 N–H and O–H groups in total. The molecule has 0 aromatic heterocycles. The summed E-state index contributed by atoms with van der Waals surface area (Å²) in [4.78, 5) is 2.58. The minimum Gasteiger partial charge on any atom is -0.411 e. The SMILES string of the molecule is O/N=C1/CCCCCC[C@@H]1N1CCCCCC1. The molecular formula is C14H26N2O. The molecule has 1 heterocycles. The molecule has 1 saturated heterocycles. The van der Waals surface area contributed by atoms with E-state index in [2.05, 4.69) is 10.1 Å². The normalized spacial score (nSPS) is 31.8. The fraction of sp³-hybridized carbons (Fsp3) is 0.929. The highest BCUT2D eigenvalue weighted by molar-refractivity contribution is 5.89. The summed E-state index contributed by atoms with van der Waals surface area (Å²) < 4.78 is 0. The summed E-state index contributed by atoms with van der Waals surface area (Å²) in [6, 6.07) is 0.429. The minimum absolute atomic E-state index is 0.429. The van der Waals surface area contributed by atoms with Crippen LogP contribution in [-0.2, 0) is 0 Å². The average Bonchev–Trinajstić information content (AvgIpc) is 2.58. The van der Waals surface area contributed by atoms with Gasteiger partial charge in [-0.15, -0.1) is 0 Å². The molecule has 1 atom stereocenters. The maximum Gasteiger partial charge on any atom is 0.0742 e. The zero-order chi connectivity index (χ0) is 11.9. The van der Waals surface area contributed by atoms with Gasteiger partial charge < -0.3 is 5.21 Å². The van der Waals surface area contributed by atoms with Crippen LogP contribution in [-0.4, -0.2) is 35.0 Å². The first-order valence-corrected chi connectivity index (χ1v) is 7.36. The van der Waals surface area contributed by atoms with E-state index in [1.54, 1.807) is 0 Å². The molecule has 1 aliphatic carbocycles. The zero-order valence-electron chi connectivity index (χ0n) is 10.9. The molecule has 0 spiro atoms. The molecule has 0 aromatic rings. The average molecular weight is 238 g/mol. The largest absolute Gasteiger partial charge is 0.411 e. The van der Waals surface area contributed by atoms with Crippen LogP contribution in [0.5, 0.6) is 0 Å². The summed E-state index contributed by atoms with van der Waals surface area (Å²) in [5.74, 6) is 0. The van der Waals surface area contributed by atoms with Crippen LogP contribution in [0.1, 0.15) is 64.2 Å². The van der Waals surface area contributed by atoms with Crippen LogP contribution in [0.15, 0.2) is 5.16 Å². The summed E-state index contributed by atoms with van der Waals surface area (Å²) in [7, 11) is 0. The fourth-order valence-corrected chi connectivity index (χ4v) is 3.25. The summed E-state index contributed by atoms with van der Waals surface area (Å²) in [5.41, 5.74) is 1.05. The summed E-state index contributed by atoms with van der Waals surface area (Å²) in [6.07, 6.45) is 12.7. The Morgan fingerprint density at radius 1 is 0.882 bits per heavy atom. The summed E-state index contributed by atoms with van der Waals surface area (Å²) >= 11 is 0. The molecule has 2 rings (SSSR count). The summed E-state index contributed by atoms with van der Waals surface area (Å²) in [5, 5.41) is 12.9. The van der Waals surface area contributed by atoms with Gasteiger partial charge in [-0.25, -0.2) is 0 Å². The molecule has 17 heavy (non-hydrogen) atoms. The Kier molecular flexibility index (Phi) is 5.30. The van der Waals surface area contributed by atoms with Gasteiger partial charge in [0.25, 0.3) is 0 Å². The lowest BCUT2D eigenvalue weighted by molar-refractivity contribution is 0.224. The second-order valence-electron chi connectivity index (χ2n) is 5.51. The standard InChI is InChI=1S/C14H26N2O/c17-15-13-9-5-1-2-6-10-14(13)16-11-7-3-4-8-12-16/h14,17H,1-12H2/b15-13-/t14-/m0/s1. The van der Waals surface area contributed by atoms with Crippen molar-refractivity contribution in [2.24, 2.45) is 5.16 Å². The number of nitrogens with zero attached hydrogens (tertiary/aromatic N) is 2. The molecule has 2 aliphatic rings. The molecule has 3 heteroatoms. The van der Waals surface area contributed by atoms with Crippen molar-refractivity contribution in [2.75, 3.05) is 13.1 Å². The van der Waals surface area contributed by atoms with Crippen LogP contribution in [0.3, 0.4) is 0 Å². The monoisotopic (exact) mass is 238 g/mol. The molecule has 1 aliphatic heterocycles. The molecular weight excluding hydrogens is 212 g/mol. The zero-order valence-corrected chi connectivity index (χ0v) is 10.9. The van der Waals surface area contributed by atoms with Gasteiger partial charge in [0.15, 0.2) is 0 Å². The quantitative estimate of drug-likeness (QED) is 0.561. The van der Waals surface area contributed by atoms with E-state index in [0.717, 1.165) is 12.1 Å². The van der Waals surface area contributed by atoms with Gasteiger partial charge in [-0.3, -0.25) is 4.90 Å². The molecule has 0 unspecified atom stereocenters. The van der Waals surface area contributed by atoms with E-state index in [4.69, 9.17) is 0 Å². The van der Waals surface area contributed by atoms with Crippen molar-refractivity contribution < 1.29 is 5.21 Å². The highest BCUT2D eigenvalue weighted by Gasteiger charge is 2.25. The van der Waals surface area contributed by atoms with Crippen LogP contribution in [0.2, 0.25) is 0 Å². The van der Waals surface area contributed by atoms with Crippen molar-refractivity contribution in [3.63, 3.8) is 0 Å². The maximum atomic E-state index is 9.24. The van der Waals surface area contributed by atoms with E-state index in [-0.39, 0.29) is 0 Å². The molecule has 2 fully saturated rings. The van der Waals surface area contributed by atoms with Gasteiger partial charge in [-0.1, -0.05) is 37.3 Å². The number of oxime groups is 1. The number of hydrogen-bond donors (Lipinski definition) is 1. The van der Waals surface area contributed by atoms with E-state index >= 15 is 0 Å². The van der Waals surface area contributed by atoms with Gasteiger partial charge in [0.2, 0.25) is 0 Å². The van der Waals surface area contributed by atoms with Crippen molar-refractivity contribution in [3.8, 4) is 0 Å². The molecule has 0 radical (unpaired) electrons. The predicted octanol–water partition coefficient (Wildman–Crippen LogP) is 3.42. The van der Waals surface area contributed by atoms with Gasteiger partial charge in [0.1, 0.15) is 0 Å². The third-order valence-electron chi connectivity index (χ3n) is 4.25. The third kappa shape index (κ3) is 3.70. The lowest BCUT2D eigenvalue weighted by Crippen LogP contribution is -2.42. The molecule has 0 bridgehead atoms. The first-order valence-electron chi connectivity index (χ1n) is 7.36. The third-order valence-corrected chi connectivity index (χ3v) is 4.25. The Labute approximate surface area is 105 Å². The van der Waals surface area contributed by atoms with Crippen LogP contribution in [0.4, 0.5) is 0 Å². The van der Waals surface area contributed by atoms with Crippen LogP contribution >= 0.6 is 0 Å². The Bertz CT molecular complexity index is 245. The van der Waals surface area contributed by atoms with Crippen molar-refractivity contribution in [1.82, 2.24) is 4.90 Å². The molecule has 3 nitrogen and oxygen atoms in total. The maximum absolute atomic E-state index is 9.24. The van der Waals surface area contributed by atoms with Crippen LogP contribution in [0, 0.1) is 0 Å². The first kappa shape index (κ1) is 12.9. The number of hydrogen-bond acceptors (Lipinski definition) is 3. The molecule has 1 saturated carbocycles.